The largest absolute Gasteiger partial charge is 0.481 e. The fourth-order valence-electron chi connectivity index (χ4n) is 1.94. The van der Waals surface area contributed by atoms with E-state index in [1.807, 2.05) is 37.3 Å². The van der Waals surface area contributed by atoms with Crippen molar-refractivity contribution in [2.75, 3.05) is 5.75 Å². The Morgan fingerprint density at radius 3 is 2.70 bits per heavy atom. The van der Waals surface area contributed by atoms with Gasteiger partial charge in [-0.25, -0.2) is 4.98 Å². The molecule has 0 aliphatic rings. The number of hydrogen-bond acceptors (Lipinski definition) is 5. The fraction of sp³-hybridized carbons (Fsp3) is 0.250. The van der Waals surface area contributed by atoms with E-state index < -0.39 is 11.5 Å². The molecule has 118 valence electrons. The Balaban J connectivity index is 2.30. The van der Waals surface area contributed by atoms with Crippen LogP contribution in [0.25, 0.3) is 11.3 Å². The van der Waals surface area contributed by atoms with E-state index in [9.17, 15) is 14.9 Å². The van der Waals surface area contributed by atoms with Gasteiger partial charge in [-0.05, 0) is 13.3 Å². The van der Waals surface area contributed by atoms with E-state index in [0.717, 1.165) is 5.56 Å². The number of aromatic amines is 1. The minimum absolute atomic E-state index is 0.0243. The van der Waals surface area contributed by atoms with E-state index in [0.29, 0.717) is 28.6 Å². The maximum absolute atomic E-state index is 12.0. The Bertz CT molecular complexity index is 807. The third kappa shape index (κ3) is 4.44. The number of nitrogens with one attached hydrogen (secondary N) is 1. The van der Waals surface area contributed by atoms with E-state index in [-0.39, 0.29) is 12.0 Å². The average molecular weight is 329 g/mol. The number of nitrogens with zero attached hydrogens (tertiary/aromatic N) is 2. The maximum Gasteiger partial charge on any atom is 0.303 e. The van der Waals surface area contributed by atoms with Crippen LogP contribution in [0.5, 0.6) is 0 Å². The van der Waals surface area contributed by atoms with Gasteiger partial charge in [-0.3, -0.25) is 9.59 Å². The van der Waals surface area contributed by atoms with Crippen molar-refractivity contribution in [3.63, 3.8) is 0 Å². The summed E-state index contributed by atoms with van der Waals surface area (Å²) in [5.74, 6) is -0.332. The van der Waals surface area contributed by atoms with Gasteiger partial charge in [-0.15, -0.1) is 0 Å². The highest BCUT2D eigenvalue weighted by Gasteiger charge is 2.13. The predicted octanol–water partition coefficient (Wildman–Crippen LogP) is 2.57. The van der Waals surface area contributed by atoms with Crippen LogP contribution in [0.15, 0.2) is 34.2 Å². The lowest BCUT2D eigenvalue weighted by molar-refractivity contribution is -0.137. The molecule has 0 saturated carbocycles. The number of benzene rings is 1. The van der Waals surface area contributed by atoms with Gasteiger partial charge in [0.05, 0.1) is 5.69 Å². The molecule has 6 nitrogen and oxygen atoms in total. The molecule has 0 fully saturated rings. The maximum atomic E-state index is 12.0. The average Bonchev–Trinajstić information content (AvgIpc) is 2.51. The van der Waals surface area contributed by atoms with Crippen LogP contribution < -0.4 is 5.56 Å². The van der Waals surface area contributed by atoms with Gasteiger partial charge in [0.25, 0.3) is 5.56 Å². The second kappa shape index (κ2) is 7.61. The zero-order chi connectivity index (χ0) is 16.8. The summed E-state index contributed by atoms with van der Waals surface area (Å²) in [5, 5.41) is 18.2. The first kappa shape index (κ1) is 16.8. The van der Waals surface area contributed by atoms with Gasteiger partial charge in [0.1, 0.15) is 11.6 Å². The lowest BCUT2D eigenvalue weighted by Crippen LogP contribution is -2.15. The van der Waals surface area contributed by atoms with Crippen LogP contribution in [0.4, 0.5) is 0 Å². The second-order valence-corrected chi connectivity index (χ2v) is 6.00. The molecular formula is C16H15N3O3S. The summed E-state index contributed by atoms with van der Waals surface area (Å²) in [6.45, 7) is 1.95. The first-order valence-corrected chi connectivity index (χ1v) is 7.96. The van der Waals surface area contributed by atoms with Crippen molar-refractivity contribution >= 4 is 17.7 Å². The summed E-state index contributed by atoms with van der Waals surface area (Å²) < 4.78 is 0. The summed E-state index contributed by atoms with van der Waals surface area (Å²) in [4.78, 5) is 29.5. The third-order valence-corrected chi connectivity index (χ3v) is 4.07. The Kier molecular flexibility index (Phi) is 5.55. The molecule has 1 aromatic heterocycles. The lowest BCUT2D eigenvalue weighted by atomic mass is 10.1. The van der Waals surface area contributed by atoms with Crippen LogP contribution in [-0.4, -0.2) is 26.8 Å². The molecule has 7 heteroatoms. The number of H-pyrrole nitrogens is 1. The molecule has 0 aliphatic carbocycles. The second-order valence-electron chi connectivity index (χ2n) is 4.92. The van der Waals surface area contributed by atoms with E-state index in [1.165, 1.54) is 11.8 Å². The zero-order valence-corrected chi connectivity index (χ0v) is 13.3. The summed E-state index contributed by atoms with van der Waals surface area (Å²) in [6.07, 6.45) is 0.544. The van der Waals surface area contributed by atoms with E-state index in [4.69, 9.17) is 5.11 Å². The number of hydrogen-bond donors (Lipinski definition) is 2. The van der Waals surface area contributed by atoms with Crippen LogP contribution >= 0.6 is 11.8 Å². The molecule has 0 saturated heterocycles. The van der Waals surface area contributed by atoms with Crippen molar-refractivity contribution in [1.29, 1.82) is 5.26 Å². The smallest absolute Gasteiger partial charge is 0.303 e. The van der Waals surface area contributed by atoms with Crippen molar-refractivity contribution in [1.82, 2.24) is 9.97 Å². The molecule has 0 amide bonds. The van der Waals surface area contributed by atoms with Gasteiger partial charge in [0.15, 0.2) is 5.16 Å². The Morgan fingerprint density at radius 2 is 2.09 bits per heavy atom. The number of nitriles is 1. The molecular weight excluding hydrogens is 314 g/mol. The molecule has 1 aromatic carbocycles. The van der Waals surface area contributed by atoms with Crippen molar-refractivity contribution in [3.8, 4) is 17.3 Å². The monoisotopic (exact) mass is 329 g/mol. The van der Waals surface area contributed by atoms with Crippen molar-refractivity contribution < 1.29 is 9.90 Å². The molecule has 0 unspecified atom stereocenters. The van der Waals surface area contributed by atoms with Crippen molar-refractivity contribution in [3.05, 3.63) is 45.7 Å². The quantitative estimate of drug-likeness (QED) is 0.479. The van der Waals surface area contributed by atoms with Gasteiger partial charge < -0.3 is 10.1 Å². The molecule has 2 rings (SSSR count). The number of carboxylic acid groups (broad SMARTS) is 1. The summed E-state index contributed by atoms with van der Waals surface area (Å²) in [7, 11) is 0. The molecule has 0 aliphatic heterocycles. The molecule has 0 spiro atoms. The molecule has 0 radical (unpaired) electrons. The number of carboxylic acids is 1. The summed E-state index contributed by atoms with van der Waals surface area (Å²) in [5.41, 5.74) is 1.60. The highest BCUT2D eigenvalue weighted by atomic mass is 32.2. The zero-order valence-electron chi connectivity index (χ0n) is 12.5. The minimum Gasteiger partial charge on any atom is -0.481 e. The van der Waals surface area contributed by atoms with Crippen molar-refractivity contribution in [2.45, 2.75) is 24.9 Å². The van der Waals surface area contributed by atoms with Crippen LogP contribution in [0, 0.1) is 18.3 Å². The van der Waals surface area contributed by atoms with Gasteiger partial charge in [-0.1, -0.05) is 41.6 Å². The third-order valence-electron chi connectivity index (χ3n) is 3.11. The number of thioether (sulfide) groups is 1. The highest BCUT2D eigenvalue weighted by Crippen LogP contribution is 2.22. The van der Waals surface area contributed by atoms with E-state index in [1.54, 1.807) is 0 Å². The number of aliphatic carboxylic acids is 1. The van der Waals surface area contributed by atoms with Gasteiger partial charge >= 0.3 is 5.97 Å². The summed E-state index contributed by atoms with van der Waals surface area (Å²) in [6, 6.07) is 9.30. The van der Waals surface area contributed by atoms with E-state index >= 15 is 0 Å². The first-order chi connectivity index (χ1) is 11.0. The van der Waals surface area contributed by atoms with Gasteiger partial charge in [0, 0.05) is 17.7 Å². The number of aromatic nitrogens is 2. The normalized spacial score (nSPS) is 10.3. The molecule has 2 aromatic rings. The highest BCUT2D eigenvalue weighted by molar-refractivity contribution is 7.99. The number of aryl methyl sites for hydroxylation is 1. The van der Waals surface area contributed by atoms with Gasteiger partial charge in [0.2, 0.25) is 0 Å². The Morgan fingerprint density at radius 1 is 1.39 bits per heavy atom. The summed E-state index contributed by atoms with van der Waals surface area (Å²) >= 11 is 1.27. The Hall–Kier alpha value is -2.59. The molecule has 0 atom stereocenters. The first-order valence-electron chi connectivity index (χ1n) is 6.97. The number of carbonyl (C=O) groups is 1. The molecule has 0 bridgehead atoms. The van der Waals surface area contributed by atoms with Crippen LogP contribution in [0.1, 0.15) is 24.0 Å². The minimum atomic E-state index is -0.854. The van der Waals surface area contributed by atoms with Crippen molar-refractivity contribution in [2.24, 2.45) is 0 Å². The number of rotatable bonds is 6. The molecule has 23 heavy (non-hydrogen) atoms. The lowest BCUT2D eigenvalue weighted by Gasteiger charge is -2.06. The fourth-order valence-corrected chi connectivity index (χ4v) is 2.74. The van der Waals surface area contributed by atoms with Gasteiger partial charge in [-0.2, -0.15) is 5.26 Å². The Labute approximate surface area is 137 Å². The van der Waals surface area contributed by atoms with Crippen LogP contribution in [0.2, 0.25) is 0 Å². The van der Waals surface area contributed by atoms with E-state index in [2.05, 4.69) is 9.97 Å². The standard InChI is InChI=1S/C16H15N3O3S/c1-10-4-6-11(7-5-10)14-12(9-17)15(22)19-16(18-14)23-8-2-3-13(20)21/h4-7H,2-3,8H2,1H3,(H,20,21)(H,18,19,22). The SMILES string of the molecule is Cc1ccc(-c2nc(SCCCC(=O)O)[nH]c(=O)c2C#N)cc1. The molecule has 2 N–H and O–H groups in total. The predicted molar refractivity (Wildman–Crippen MR) is 87.3 cm³/mol. The molecule has 1 heterocycles. The topological polar surface area (TPSA) is 107 Å². The van der Waals surface area contributed by atoms with Crippen LogP contribution in [-0.2, 0) is 4.79 Å². The van der Waals surface area contributed by atoms with Crippen LogP contribution in [0.3, 0.4) is 0 Å².